The second-order valence-corrected chi connectivity index (χ2v) is 6.07. The number of hydrogen-bond donors (Lipinski definition) is 2. The predicted octanol–water partition coefficient (Wildman–Crippen LogP) is 2.15. The molecular weight excluding hydrogens is 352 g/mol. The minimum atomic E-state index is -0.861. The molecule has 8 heteroatoms. The zero-order valence-electron chi connectivity index (χ0n) is 14.2. The number of nitrogens with zero attached hydrogens (tertiary/aromatic N) is 1. The van der Waals surface area contributed by atoms with Crippen molar-refractivity contribution >= 4 is 24.2 Å². The number of nitrogens with two attached hydrogens (primary N) is 1. The van der Waals surface area contributed by atoms with Crippen LogP contribution >= 0.6 is 12.4 Å². The van der Waals surface area contributed by atoms with Crippen molar-refractivity contribution in [1.82, 2.24) is 10.2 Å². The molecule has 0 spiro atoms. The lowest BCUT2D eigenvalue weighted by Gasteiger charge is -2.36. The van der Waals surface area contributed by atoms with E-state index in [1.54, 1.807) is 4.90 Å². The second kappa shape index (κ2) is 9.68. The lowest BCUT2D eigenvalue weighted by atomic mass is 10.00. The number of carbonyl (C=O) groups is 2. The van der Waals surface area contributed by atoms with Crippen LogP contribution < -0.4 is 11.1 Å². The first-order valence-corrected chi connectivity index (χ1v) is 8.17. The van der Waals surface area contributed by atoms with E-state index in [9.17, 15) is 18.4 Å². The second-order valence-electron chi connectivity index (χ2n) is 6.07. The monoisotopic (exact) mass is 375 g/mol. The highest BCUT2D eigenvalue weighted by Gasteiger charge is 2.29. The third-order valence-electron chi connectivity index (χ3n) is 4.27. The fraction of sp³-hybridized carbons (Fsp3) is 0.529. The molecule has 1 atom stereocenters. The highest BCUT2D eigenvalue weighted by atomic mass is 35.5. The number of halogens is 3. The van der Waals surface area contributed by atoms with Crippen molar-refractivity contribution in [2.45, 2.75) is 38.6 Å². The molecule has 0 bridgehead atoms. The summed E-state index contributed by atoms with van der Waals surface area (Å²) in [6, 6.07) is 1.79. The van der Waals surface area contributed by atoms with Gasteiger partial charge in [-0.05, 0) is 37.8 Å². The fourth-order valence-corrected chi connectivity index (χ4v) is 2.91. The summed E-state index contributed by atoms with van der Waals surface area (Å²) in [6.07, 6.45) is 2.72. The zero-order chi connectivity index (χ0) is 17.7. The smallest absolute Gasteiger partial charge is 0.257 e. The van der Waals surface area contributed by atoms with Gasteiger partial charge in [0, 0.05) is 38.2 Å². The molecule has 1 aromatic rings. The van der Waals surface area contributed by atoms with Crippen LogP contribution in [-0.4, -0.2) is 42.4 Å². The van der Waals surface area contributed by atoms with Gasteiger partial charge < -0.3 is 16.0 Å². The van der Waals surface area contributed by atoms with E-state index in [0.717, 1.165) is 25.3 Å². The first-order chi connectivity index (χ1) is 11.4. The molecule has 0 radical (unpaired) electrons. The number of likely N-dealkylation sites (tertiary alicyclic amines) is 1. The van der Waals surface area contributed by atoms with Crippen LogP contribution in [-0.2, 0) is 4.79 Å². The minimum Gasteiger partial charge on any atom is -0.354 e. The summed E-state index contributed by atoms with van der Waals surface area (Å²) >= 11 is 0. The molecule has 1 heterocycles. The number of piperidine rings is 1. The molecule has 3 N–H and O–H groups in total. The van der Waals surface area contributed by atoms with Gasteiger partial charge in [-0.15, -0.1) is 12.4 Å². The number of nitrogens with one attached hydrogen (secondary N) is 1. The Hall–Kier alpha value is -1.73. The van der Waals surface area contributed by atoms with Gasteiger partial charge in [0.15, 0.2) is 0 Å². The molecule has 0 saturated carbocycles. The number of hydrogen-bond acceptors (Lipinski definition) is 3. The molecule has 0 aromatic heterocycles. The van der Waals surface area contributed by atoms with E-state index >= 15 is 0 Å². The maximum absolute atomic E-state index is 14.0. The summed E-state index contributed by atoms with van der Waals surface area (Å²) in [5.41, 5.74) is 5.43. The number of amides is 2. The molecular formula is C17H24ClF2N3O2. The van der Waals surface area contributed by atoms with E-state index in [1.807, 2.05) is 0 Å². The molecule has 2 amide bonds. The molecule has 0 aliphatic carbocycles. The zero-order valence-corrected chi connectivity index (χ0v) is 15.0. The van der Waals surface area contributed by atoms with E-state index in [-0.39, 0.29) is 48.4 Å². The molecule has 5 nitrogen and oxygen atoms in total. The van der Waals surface area contributed by atoms with Gasteiger partial charge in [-0.1, -0.05) is 0 Å². The molecule has 1 unspecified atom stereocenters. The van der Waals surface area contributed by atoms with Crippen molar-refractivity contribution in [3.8, 4) is 0 Å². The van der Waals surface area contributed by atoms with Gasteiger partial charge in [-0.2, -0.15) is 0 Å². The Labute approximate surface area is 152 Å². The Morgan fingerprint density at radius 3 is 2.68 bits per heavy atom. The van der Waals surface area contributed by atoms with Crippen LogP contribution in [0.15, 0.2) is 12.1 Å². The van der Waals surface area contributed by atoms with E-state index < -0.39 is 17.5 Å². The molecule has 1 saturated heterocycles. The normalized spacial score (nSPS) is 17.0. The number of rotatable bonds is 5. The van der Waals surface area contributed by atoms with Crippen LogP contribution in [0, 0.1) is 18.6 Å². The van der Waals surface area contributed by atoms with E-state index in [1.165, 1.54) is 13.0 Å². The highest BCUT2D eigenvalue weighted by Crippen LogP contribution is 2.22. The third kappa shape index (κ3) is 5.37. The van der Waals surface area contributed by atoms with Crippen LogP contribution in [0.5, 0.6) is 0 Å². The van der Waals surface area contributed by atoms with Crippen LogP contribution in [0.3, 0.4) is 0 Å². The first-order valence-electron chi connectivity index (χ1n) is 8.17. The topological polar surface area (TPSA) is 75.4 Å². The van der Waals surface area contributed by atoms with Crippen LogP contribution in [0.25, 0.3) is 0 Å². The molecule has 2 rings (SSSR count). The summed E-state index contributed by atoms with van der Waals surface area (Å²) in [5, 5.41) is 2.76. The Morgan fingerprint density at radius 2 is 2.00 bits per heavy atom. The molecule has 1 aromatic carbocycles. The van der Waals surface area contributed by atoms with E-state index in [0.29, 0.717) is 13.1 Å². The SMILES string of the molecule is Cc1cc(C(=O)N2CCCCC2CNC(=O)CCN)c(F)cc1F.Cl. The Kier molecular flexibility index (Phi) is 8.25. The average Bonchev–Trinajstić information content (AvgIpc) is 2.56. The van der Waals surface area contributed by atoms with Gasteiger partial charge in [-0.25, -0.2) is 8.78 Å². The highest BCUT2D eigenvalue weighted by molar-refractivity contribution is 5.95. The van der Waals surface area contributed by atoms with Crippen LogP contribution in [0.2, 0.25) is 0 Å². The summed E-state index contributed by atoms with van der Waals surface area (Å²) in [5.74, 6) is -2.17. The Balaban J connectivity index is 0.00000312. The van der Waals surface area contributed by atoms with Crippen molar-refractivity contribution in [2.75, 3.05) is 19.6 Å². The fourth-order valence-electron chi connectivity index (χ4n) is 2.91. The van der Waals surface area contributed by atoms with Gasteiger partial charge in [0.05, 0.1) is 5.56 Å². The predicted molar refractivity (Wildman–Crippen MR) is 93.7 cm³/mol. The molecule has 25 heavy (non-hydrogen) atoms. The van der Waals surface area contributed by atoms with Gasteiger partial charge in [-0.3, -0.25) is 9.59 Å². The van der Waals surface area contributed by atoms with E-state index in [4.69, 9.17) is 5.73 Å². The minimum absolute atomic E-state index is 0. The van der Waals surface area contributed by atoms with Crippen LogP contribution in [0.4, 0.5) is 8.78 Å². The summed E-state index contributed by atoms with van der Waals surface area (Å²) in [4.78, 5) is 25.8. The van der Waals surface area contributed by atoms with Gasteiger partial charge in [0.2, 0.25) is 5.91 Å². The standard InChI is InChI=1S/C17H23F2N3O2.ClH/c1-11-8-13(15(19)9-14(11)18)17(24)22-7-3-2-4-12(22)10-21-16(23)5-6-20;/h8-9,12H,2-7,10,20H2,1H3,(H,21,23);1H. The van der Waals surface area contributed by atoms with Crippen molar-refractivity contribution in [3.05, 3.63) is 34.9 Å². The quantitative estimate of drug-likeness (QED) is 0.828. The summed E-state index contributed by atoms with van der Waals surface area (Å²) in [6.45, 7) is 2.56. The van der Waals surface area contributed by atoms with Crippen molar-refractivity contribution in [3.63, 3.8) is 0 Å². The maximum Gasteiger partial charge on any atom is 0.257 e. The lowest BCUT2D eigenvalue weighted by Crippen LogP contribution is -2.49. The number of aryl methyl sites for hydroxylation is 1. The van der Waals surface area contributed by atoms with Gasteiger partial charge in [0.1, 0.15) is 11.6 Å². The number of carbonyl (C=O) groups excluding carboxylic acids is 2. The Bertz CT molecular complexity index is 628. The molecule has 1 aliphatic heterocycles. The maximum atomic E-state index is 14.0. The lowest BCUT2D eigenvalue weighted by molar-refractivity contribution is -0.121. The van der Waals surface area contributed by atoms with Crippen LogP contribution in [0.1, 0.15) is 41.6 Å². The molecule has 1 aliphatic rings. The van der Waals surface area contributed by atoms with E-state index in [2.05, 4.69) is 5.32 Å². The molecule has 1 fully saturated rings. The van der Waals surface area contributed by atoms with Crippen molar-refractivity contribution < 1.29 is 18.4 Å². The Morgan fingerprint density at radius 1 is 1.28 bits per heavy atom. The van der Waals surface area contributed by atoms with Crippen molar-refractivity contribution in [1.29, 1.82) is 0 Å². The summed E-state index contributed by atoms with van der Waals surface area (Å²) in [7, 11) is 0. The third-order valence-corrected chi connectivity index (χ3v) is 4.27. The first kappa shape index (κ1) is 21.3. The largest absolute Gasteiger partial charge is 0.354 e. The molecule has 140 valence electrons. The number of benzene rings is 1. The van der Waals surface area contributed by atoms with Gasteiger partial charge in [0.25, 0.3) is 5.91 Å². The van der Waals surface area contributed by atoms with Crippen molar-refractivity contribution in [2.24, 2.45) is 5.73 Å². The average molecular weight is 376 g/mol. The van der Waals surface area contributed by atoms with Gasteiger partial charge >= 0.3 is 0 Å². The summed E-state index contributed by atoms with van der Waals surface area (Å²) < 4.78 is 27.4.